The molecule has 0 saturated carbocycles. The summed E-state index contributed by atoms with van der Waals surface area (Å²) in [4.78, 5) is 7.27. The first-order valence-electron chi connectivity index (χ1n) is 6.00. The maximum absolute atomic E-state index is 11.9. The van der Waals surface area contributed by atoms with E-state index in [0.717, 1.165) is 11.0 Å². The van der Waals surface area contributed by atoms with Gasteiger partial charge in [-0.1, -0.05) is 0 Å². The zero-order valence-electron chi connectivity index (χ0n) is 10.2. The Hall–Kier alpha value is -1.92. The molecule has 0 amide bonds. The van der Waals surface area contributed by atoms with Crippen molar-refractivity contribution in [2.24, 2.45) is 0 Å². The Morgan fingerprint density at radius 3 is 2.79 bits per heavy atom. The number of anilines is 2. The van der Waals surface area contributed by atoms with Crippen molar-refractivity contribution < 1.29 is 13.2 Å². The molecule has 0 aliphatic rings. The molecule has 4 nitrogen and oxygen atoms in total. The monoisotopic (exact) mass is 272 g/mol. The second-order valence-corrected chi connectivity index (χ2v) is 4.36. The zero-order valence-corrected chi connectivity index (χ0v) is 10.2. The number of alkyl halides is 3. The topological polar surface area (TPSA) is 66.7 Å². The summed E-state index contributed by atoms with van der Waals surface area (Å²) in [5.41, 5.74) is 7.84. The first kappa shape index (κ1) is 13.5. The number of nitrogens with zero attached hydrogens (tertiary/aromatic N) is 1. The van der Waals surface area contributed by atoms with Crippen molar-refractivity contribution in [1.29, 1.82) is 0 Å². The summed E-state index contributed by atoms with van der Waals surface area (Å²) in [5, 5.41) is 2.96. The molecule has 0 unspecified atom stereocenters. The van der Waals surface area contributed by atoms with Gasteiger partial charge in [-0.3, -0.25) is 0 Å². The molecule has 7 heteroatoms. The number of nitrogen functional groups attached to an aromatic ring is 1. The summed E-state index contributed by atoms with van der Waals surface area (Å²) in [6, 6.07) is 5.30. The predicted octanol–water partition coefficient (Wildman–Crippen LogP) is 3.29. The number of hydrogen-bond donors (Lipinski definition) is 3. The highest BCUT2D eigenvalue weighted by Crippen LogP contribution is 2.22. The molecule has 0 bridgehead atoms. The molecule has 1 aromatic carbocycles. The SMILES string of the molecule is Nc1ccc2nc(NCCCCC(F)(F)F)[nH]c2c1. The average Bonchev–Trinajstić information content (AvgIpc) is 2.68. The zero-order chi connectivity index (χ0) is 13.9. The van der Waals surface area contributed by atoms with E-state index in [9.17, 15) is 13.2 Å². The van der Waals surface area contributed by atoms with Gasteiger partial charge in [0.25, 0.3) is 0 Å². The molecular weight excluding hydrogens is 257 g/mol. The lowest BCUT2D eigenvalue weighted by atomic mass is 10.2. The molecule has 0 aliphatic heterocycles. The number of halogens is 3. The number of nitrogens with one attached hydrogen (secondary N) is 2. The summed E-state index contributed by atoms with van der Waals surface area (Å²) in [5.74, 6) is 0.549. The van der Waals surface area contributed by atoms with Crippen molar-refractivity contribution in [2.75, 3.05) is 17.6 Å². The van der Waals surface area contributed by atoms with Crippen LogP contribution in [0.5, 0.6) is 0 Å². The number of nitrogens with two attached hydrogens (primary N) is 1. The van der Waals surface area contributed by atoms with Crippen LogP contribution < -0.4 is 11.1 Å². The number of aromatic nitrogens is 2. The third-order valence-electron chi connectivity index (χ3n) is 2.69. The van der Waals surface area contributed by atoms with Crippen LogP contribution in [0.2, 0.25) is 0 Å². The minimum absolute atomic E-state index is 0.115. The van der Waals surface area contributed by atoms with Crippen LogP contribution in [0.1, 0.15) is 19.3 Å². The van der Waals surface area contributed by atoms with Gasteiger partial charge in [0.05, 0.1) is 11.0 Å². The van der Waals surface area contributed by atoms with Gasteiger partial charge in [0.2, 0.25) is 5.95 Å². The highest BCUT2D eigenvalue weighted by atomic mass is 19.4. The molecule has 0 aliphatic carbocycles. The number of fused-ring (bicyclic) bond motifs is 1. The van der Waals surface area contributed by atoms with Gasteiger partial charge >= 0.3 is 6.18 Å². The van der Waals surface area contributed by atoms with Crippen LogP contribution in [0, 0.1) is 0 Å². The minimum atomic E-state index is -4.07. The molecule has 0 spiro atoms. The summed E-state index contributed by atoms with van der Waals surface area (Å²) in [6.45, 7) is 0.450. The quantitative estimate of drug-likeness (QED) is 0.578. The largest absolute Gasteiger partial charge is 0.399 e. The van der Waals surface area contributed by atoms with E-state index in [1.165, 1.54) is 0 Å². The van der Waals surface area contributed by atoms with Crippen molar-refractivity contribution >= 4 is 22.7 Å². The standard InChI is InChI=1S/C12H15F3N4/c13-12(14,15)5-1-2-6-17-11-18-9-4-3-8(16)7-10(9)19-11/h3-4,7H,1-2,5-6,16H2,(H2,17,18,19). The number of benzene rings is 1. The van der Waals surface area contributed by atoms with Crippen molar-refractivity contribution in [3.63, 3.8) is 0 Å². The maximum atomic E-state index is 11.9. The summed E-state index contributed by atoms with van der Waals surface area (Å²) in [6.07, 6.45) is -4.26. The number of unbranched alkanes of at least 4 members (excludes halogenated alkanes) is 1. The molecule has 0 saturated heterocycles. The van der Waals surface area contributed by atoms with E-state index in [2.05, 4.69) is 15.3 Å². The van der Waals surface area contributed by atoms with Gasteiger partial charge in [-0.25, -0.2) is 4.98 Å². The van der Waals surface area contributed by atoms with Crippen LogP contribution in [0.3, 0.4) is 0 Å². The molecule has 1 heterocycles. The van der Waals surface area contributed by atoms with E-state index in [0.29, 0.717) is 24.6 Å². The number of hydrogen-bond acceptors (Lipinski definition) is 3. The van der Waals surface area contributed by atoms with Crippen molar-refractivity contribution in [2.45, 2.75) is 25.4 Å². The van der Waals surface area contributed by atoms with E-state index in [4.69, 9.17) is 5.73 Å². The molecule has 0 radical (unpaired) electrons. The highest BCUT2D eigenvalue weighted by Gasteiger charge is 2.25. The fourth-order valence-electron chi connectivity index (χ4n) is 1.77. The number of rotatable bonds is 5. The van der Waals surface area contributed by atoms with Gasteiger partial charge < -0.3 is 16.0 Å². The fraction of sp³-hybridized carbons (Fsp3) is 0.417. The number of H-pyrrole nitrogens is 1. The molecule has 104 valence electrons. The van der Waals surface area contributed by atoms with Crippen LogP contribution in [-0.2, 0) is 0 Å². The Morgan fingerprint density at radius 1 is 1.26 bits per heavy atom. The van der Waals surface area contributed by atoms with Crippen LogP contribution in [0.4, 0.5) is 24.8 Å². The van der Waals surface area contributed by atoms with E-state index in [1.54, 1.807) is 18.2 Å². The second kappa shape index (κ2) is 5.38. The Morgan fingerprint density at radius 2 is 2.05 bits per heavy atom. The summed E-state index contributed by atoms with van der Waals surface area (Å²) < 4.78 is 35.8. The van der Waals surface area contributed by atoms with Gasteiger partial charge in [-0.05, 0) is 31.0 Å². The third-order valence-corrected chi connectivity index (χ3v) is 2.69. The van der Waals surface area contributed by atoms with Crippen LogP contribution in [0.15, 0.2) is 18.2 Å². The lowest BCUT2D eigenvalue weighted by Crippen LogP contribution is -2.09. The molecule has 1 aromatic heterocycles. The molecule has 2 aromatic rings. The molecule has 4 N–H and O–H groups in total. The summed E-state index contributed by atoms with van der Waals surface area (Å²) >= 11 is 0. The lowest BCUT2D eigenvalue weighted by molar-refractivity contribution is -0.135. The second-order valence-electron chi connectivity index (χ2n) is 4.36. The summed E-state index contributed by atoms with van der Waals surface area (Å²) in [7, 11) is 0. The van der Waals surface area contributed by atoms with Crippen molar-refractivity contribution in [3.05, 3.63) is 18.2 Å². The van der Waals surface area contributed by atoms with Gasteiger partial charge in [-0.2, -0.15) is 13.2 Å². The van der Waals surface area contributed by atoms with E-state index in [1.807, 2.05) is 0 Å². The lowest BCUT2D eigenvalue weighted by Gasteiger charge is -2.05. The highest BCUT2D eigenvalue weighted by molar-refractivity contribution is 5.80. The van der Waals surface area contributed by atoms with E-state index >= 15 is 0 Å². The first-order valence-corrected chi connectivity index (χ1v) is 6.00. The van der Waals surface area contributed by atoms with Crippen molar-refractivity contribution in [1.82, 2.24) is 9.97 Å². The Kier molecular flexibility index (Phi) is 3.82. The normalized spacial score (nSPS) is 11.9. The maximum Gasteiger partial charge on any atom is 0.389 e. The first-order chi connectivity index (χ1) is 8.94. The molecular formula is C12H15F3N4. The minimum Gasteiger partial charge on any atom is -0.399 e. The number of imidazole rings is 1. The Balaban J connectivity index is 1.82. The Labute approximate surface area is 108 Å². The fourth-order valence-corrected chi connectivity index (χ4v) is 1.77. The van der Waals surface area contributed by atoms with Gasteiger partial charge in [0.1, 0.15) is 0 Å². The Bertz CT molecular complexity index is 547. The third kappa shape index (κ3) is 4.04. The molecule has 2 rings (SSSR count). The van der Waals surface area contributed by atoms with E-state index in [-0.39, 0.29) is 6.42 Å². The van der Waals surface area contributed by atoms with Crippen LogP contribution in [0.25, 0.3) is 11.0 Å². The predicted molar refractivity (Wildman–Crippen MR) is 68.9 cm³/mol. The smallest absolute Gasteiger partial charge is 0.389 e. The van der Waals surface area contributed by atoms with Gasteiger partial charge in [0, 0.05) is 18.7 Å². The van der Waals surface area contributed by atoms with Gasteiger partial charge in [-0.15, -0.1) is 0 Å². The molecule has 19 heavy (non-hydrogen) atoms. The van der Waals surface area contributed by atoms with Crippen LogP contribution >= 0.6 is 0 Å². The van der Waals surface area contributed by atoms with Crippen LogP contribution in [-0.4, -0.2) is 22.7 Å². The van der Waals surface area contributed by atoms with Crippen molar-refractivity contribution in [3.8, 4) is 0 Å². The molecule has 0 fully saturated rings. The number of aromatic amines is 1. The average molecular weight is 272 g/mol. The van der Waals surface area contributed by atoms with E-state index < -0.39 is 12.6 Å². The molecule has 0 atom stereocenters. The van der Waals surface area contributed by atoms with Gasteiger partial charge in [0.15, 0.2) is 0 Å².